The molecule has 0 saturated carbocycles. The van der Waals surface area contributed by atoms with Gasteiger partial charge in [0.25, 0.3) is 5.91 Å². The molecule has 2 fully saturated rings. The smallest absolute Gasteiger partial charge is 0.256 e. The van der Waals surface area contributed by atoms with Gasteiger partial charge in [0.1, 0.15) is 6.33 Å². The first-order chi connectivity index (χ1) is 12.7. The van der Waals surface area contributed by atoms with Gasteiger partial charge < -0.3 is 15.0 Å². The van der Waals surface area contributed by atoms with Gasteiger partial charge in [0.15, 0.2) is 0 Å². The largest absolute Gasteiger partial charge is 0.375 e. The fraction of sp³-hybridized carbons (Fsp3) is 0.500. The normalized spacial score (nSPS) is 22.2. The molecular weight excluding hydrogens is 332 g/mol. The Bertz CT molecular complexity index is 734. The number of aromatic nitrogens is 4. The third-order valence-electron chi connectivity index (χ3n) is 5.16. The number of piperidine rings is 1. The van der Waals surface area contributed by atoms with E-state index >= 15 is 0 Å². The lowest BCUT2D eigenvalue weighted by Crippen LogP contribution is -2.52. The van der Waals surface area contributed by atoms with Crippen LogP contribution in [-0.4, -0.2) is 62.1 Å². The summed E-state index contributed by atoms with van der Waals surface area (Å²) in [4.78, 5) is 30.8. The zero-order valence-corrected chi connectivity index (χ0v) is 14.5. The summed E-state index contributed by atoms with van der Waals surface area (Å²) < 4.78 is 6.16. The van der Waals surface area contributed by atoms with Crippen molar-refractivity contribution >= 4 is 11.9 Å². The van der Waals surface area contributed by atoms with Crippen molar-refractivity contribution in [1.29, 1.82) is 0 Å². The quantitative estimate of drug-likeness (QED) is 0.893. The van der Waals surface area contributed by atoms with Crippen LogP contribution >= 0.6 is 0 Å². The maximum atomic E-state index is 12.6. The van der Waals surface area contributed by atoms with Crippen LogP contribution in [0.3, 0.4) is 0 Å². The molecule has 4 rings (SSSR count). The van der Waals surface area contributed by atoms with E-state index in [9.17, 15) is 4.79 Å². The first kappa shape index (κ1) is 16.8. The van der Waals surface area contributed by atoms with Crippen molar-refractivity contribution in [2.24, 2.45) is 0 Å². The van der Waals surface area contributed by atoms with Crippen molar-refractivity contribution in [1.82, 2.24) is 24.8 Å². The molecule has 1 atom stereocenters. The van der Waals surface area contributed by atoms with Crippen molar-refractivity contribution in [2.75, 3.05) is 25.0 Å². The van der Waals surface area contributed by atoms with E-state index in [0.29, 0.717) is 31.2 Å². The highest BCUT2D eigenvalue weighted by molar-refractivity contribution is 5.93. The molecule has 136 valence electrons. The molecule has 0 radical (unpaired) electrons. The molecule has 1 amide bonds. The molecular formula is C18H22N6O2. The summed E-state index contributed by atoms with van der Waals surface area (Å²) in [7, 11) is 0. The Hall–Kier alpha value is -2.61. The fourth-order valence-electron chi connectivity index (χ4n) is 3.77. The van der Waals surface area contributed by atoms with Crippen LogP contribution in [0.25, 0.3) is 0 Å². The van der Waals surface area contributed by atoms with Gasteiger partial charge in [-0.3, -0.25) is 4.79 Å². The van der Waals surface area contributed by atoms with Gasteiger partial charge in [-0.25, -0.2) is 19.9 Å². The summed E-state index contributed by atoms with van der Waals surface area (Å²) >= 11 is 0. The maximum absolute atomic E-state index is 12.6. The summed E-state index contributed by atoms with van der Waals surface area (Å²) in [6, 6.07) is 2.09. The molecule has 1 spiro atoms. The highest BCUT2D eigenvalue weighted by Gasteiger charge is 2.41. The first-order valence-corrected chi connectivity index (χ1v) is 8.96. The van der Waals surface area contributed by atoms with E-state index in [-0.39, 0.29) is 17.6 Å². The summed E-state index contributed by atoms with van der Waals surface area (Å²) in [6.45, 7) is 2.08. The second-order valence-corrected chi connectivity index (χ2v) is 6.86. The van der Waals surface area contributed by atoms with Crippen molar-refractivity contribution < 1.29 is 9.53 Å². The van der Waals surface area contributed by atoms with Crippen LogP contribution in [0.2, 0.25) is 0 Å². The molecule has 8 heteroatoms. The number of nitrogens with zero attached hydrogens (tertiary/aromatic N) is 5. The molecule has 26 heavy (non-hydrogen) atoms. The molecule has 0 bridgehead atoms. The summed E-state index contributed by atoms with van der Waals surface area (Å²) in [6.07, 6.45) is 11.5. The Morgan fingerprint density at radius 2 is 1.92 bits per heavy atom. The van der Waals surface area contributed by atoms with Gasteiger partial charge in [0, 0.05) is 50.5 Å². The number of hydrogen-bond acceptors (Lipinski definition) is 7. The first-order valence-electron chi connectivity index (χ1n) is 8.96. The molecule has 4 heterocycles. The highest BCUT2D eigenvalue weighted by Crippen LogP contribution is 2.36. The number of rotatable bonds is 3. The number of ether oxygens (including phenoxy) is 1. The molecule has 2 saturated heterocycles. The summed E-state index contributed by atoms with van der Waals surface area (Å²) in [5.41, 5.74) is 0.364. The minimum absolute atomic E-state index is 0.0105. The number of anilines is 1. The SMILES string of the molecule is O=C(c1cncnc1)N1CCC2(CC1)C[C@H](Nc1ncccn1)CCO2. The Labute approximate surface area is 152 Å². The van der Waals surface area contributed by atoms with Gasteiger partial charge in [-0.05, 0) is 31.7 Å². The maximum Gasteiger partial charge on any atom is 0.256 e. The van der Waals surface area contributed by atoms with E-state index in [1.54, 1.807) is 30.9 Å². The van der Waals surface area contributed by atoms with E-state index in [2.05, 4.69) is 25.3 Å². The van der Waals surface area contributed by atoms with E-state index in [1.165, 1.54) is 6.33 Å². The van der Waals surface area contributed by atoms with Gasteiger partial charge in [-0.2, -0.15) is 0 Å². The van der Waals surface area contributed by atoms with Gasteiger partial charge in [-0.1, -0.05) is 0 Å². The van der Waals surface area contributed by atoms with Crippen LogP contribution in [-0.2, 0) is 4.74 Å². The minimum Gasteiger partial charge on any atom is -0.375 e. The molecule has 8 nitrogen and oxygen atoms in total. The molecule has 2 aliphatic heterocycles. The average molecular weight is 354 g/mol. The number of hydrogen-bond donors (Lipinski definition) is 1. The van der Waals surface area contributed by atoms with Crippen molar-refractivity contribution in [3.8, 4) is 0 Å². The molecule has 0 aliphatic carbocycles. The van der Waals surface area contributed by atoms with Crippen LogP contribution in [0.1, 0.15) is 36.0 Å². The van der Waals surface area contributed by atoms with Crippen molar-refractivity contribution in [3.05, 3.63) is 42.7 Å². The van der Waals surface area contributed by atoms with Gasteiger partial charge in [0.05, 0.1) is 11.2 Å². The lowest BCUT2D eigenvalue weighted by atomic mass is 9.82. The highest BCUT2D eigenvalue weighted by atomic mass is 16.5. The minimum atomic E-state index is -0.172. The van der Waals surface area contributed by atoms with Gasteiger partial charge in [-0.15, -0.1) is 0 Å². The van der Waals surface area contributed by atoms with Crippen molar-refractivity contribution in [2.45, 2.75) is 37.3 Å². The molecule has 1 N–H and O–H groups in total. The Kier molecular flexibility index (Phi) is 4.75. The van der Waals surface area contributed by atoms with Gasteiger partial charge in [0.2, 0.25) is 5.95 Å². The zero-order chi connectivity index (χ0) is 17.8. The molecule has 0 aromatic carbocycles. The van der Waals surface area contributed by atoms with Gasteiger partial charge >= 0.3 is 0 Å². The lowest BCUT2D eigenvalue weighted by Gasteiger charge is -2.46. The topological polar surface area (TPSA) is 93.1 Å². The van der Waals surface area contributed by atoms with Crippen LogP contribution in [0.15, 0.2) is 37.2 Å². The predicted molar refractivity (Wildman–Crippen MR) is 94.5 cm³/mol. The Morgan fingerprint density at radius 1 is 1.19 bits per heavy atom. The number of carbonyl (C=O) groups is 1. The number of amides is 1. The Balaban J connectivity index is 1.36. The predicted octanol–water partition coefficient (Wildman–Crippen LogP) is 1.53. The molecule has 2 aromatic heterocycles. The van der Waals surface area contributed by atoms with E-state index < -0.39 is 0 Å². The Morgan fingerprint density at radius 3 is 2.65 bits per heavy atom. The standard InChI is InChI=1S/C18H22N6O2/c25-16(14-11-19-13-20-12-14)24-7-3-18(4-8-24)10-15(2-9-26-18)23-17-21-5-1-6-22-17/h1,5-6,11-13,15H,2-4,7-10H2,(H,21,22,23)/t15-/m1/s1. The molecule has 0 unspecified atom stereocenters. The van der Waals surface area contributed by atoms with E-state index in [0.717, 1.165) is 25.7 Å². The van der Waals surface area contributed by atoms with E-state index in [1.807, 2.05) is 4.90 Å². The summed E-state index contributed by atoms with van der Waals surface area (Å²) in [5.74, 6) is 0.648. The fourth-order valence-corrected chi connectivity index (χ4v) is 3.77. The average Bonchev–Trinajstić information content (AvgIpc) is 2.70. The second kappa shape index (κ2) is 7.33. The van der Waals surface area contributed by atoms with Crippen molar-refractivity contribution in [3.63, 3.8) is 0 Å². The zero-order valence-electron chi connectivity index (χ0n) is 14.5. The van der Waals surface area contributed by atoms with Crippen LogP contribution in [0, 0.1) is 0 Å². The number of likely N-dealkylation sites (tertiary alicyclic amines) is 1. The number of nitrogens with one attached hydrogen (secondary N) is 1. The monoisotopic (exact) mass is 354 g/mol. The van der Waals surface area contributed by atoms with E-state index in [4.69, 9.17) is 4.74 Å². The number of carbonyl (C=O) groups excluding carboxylic acids is 1. The van der Waals surface area contributed by atoms with Crippen LogP contribution in [0.5, 0.6) is 0 Å². The third kappa shape index (κ3) is 3.65. The lowest BCUT2D eigenvalue weighted by molar-refractivity contribution is -0.110. The molecule has 2 aromatic rings. The van der Waals surface area contributed by atoms with Crippen LogP contribution in [0.4, 0.5) is 5.95 Å². The molecule has 2 aliphatic rings. The van der Waals surface area contributed by atoms with Crippen LogP contribution < -0.4 is 5.32 Å². The summed E-state index contributed by atoms with van der Waals surface area (Å²) in [5, 5.41) is 3.41. The second-order valence-electron chi connectivity index (χ2n) is 6.86. The third-order valence-corrected chi connectivity index (χ3v) is 5.16.